The van der Waals surface area contributed by atoms with Gasteiger partial charge < -0.3 is 0 Å². The van der Waals surface area contributed by atoms with Crippen molar-refractivity contribution in [2.45, 2.75) is 0 Å². The van der Waals surface area contributed by atoms with Crippen LogP contribution >= 0.6 is 0 Å². The molecular formula is C72H49N7. The van der Waals surface area contributed by atoms with Crippen molar-refractivity contribution in [3.8, 4) is 112 Å². The second-order valence-corrected chi connectivity index (χ2v) is 19.1. The van der Waals surface area contributed by atoms with Crippen LogP contribution in [0.5, 0.6) is 0 Å². The van der Waals surface area contributed by atoms with E-state index in [4.69, 9.17) is 19.9 Å². The van der Waals surface area contributed by atoms with E-state index < -0.39 is 0 Å². The van der Waals surface area contributed by atoms with Gasteiger partial charge in [0, 0.05) is 52.7 Å². The van der Waals surface area contributed by atoms with Crippen molar-refractivity contribution in [3.05, 3.63) is 298 Å². The van der Waals surface area contributed by atoms with Crippen molar-refractivity contribution in [2.75, 3.05) is 4.90 Å². The molecular weight excluding hydrogens is 963 g/mol. The summed E-state index contributed by atoms with van der Waals surface area (Å²) in [7, 11) is 0. The summed E-state index contributed by atoms with van der Waals surface area (Å²) in [6.45, 7) is 0. The number of aromatic nitrogens is 6. The maximum absolute atomic E-state index is 5.14. The van der Waals surface area contributed by atoms with Crippen LogP contribution in [0.2, 0.25) is 0 Å². The summed E-state index contributed by atoms with van der Waals surface area (Å²) >= 11 is 0. The van der Waals surface area contributed by atoms with Gasteiger partial charge in [-0.05, 0) is 140 Å². The topological polar surface area (TPSA) is 80.6 Å². The van der Waals surface area contributed by atoms with Gasteiger partial charge in [0.25, 0.3) is 0 Å². The first-order valence-corrected chi connectivity index (χ1v) is 26.3. The van der Waals surface area contributed by atoms with Crippen molar-refractivity contribution in [3.63, 3.8) is 0 Å². The molecule has 79 heavy (non-hydrogen) atoms. The molecule has 0 aliphatic carbocycles. The second-order valence-electron chi connectivity index (χ2n) is 19.1. The Morgan fingerprint density at radius 2 is 0.646 bits per heavy atom. The SMILES string of the molecule is c1ccc(-c2cccc(N(c3ccccc3)c3ccnc(-c4ccc(-c5ccccc5-c5cc(-c6ccccc6-c6ccc(-c7ccccn7)cc6)cc(-c6ccccc6-c6ccc(-c7ccccn7)cc6)c5)cn4)n3)n2)cc1. The molecule has 0 radical (unpaired) electrons. The fourth-order valence-corrected chi connectivity index (χ4v) is 10.3. The van der Waals surface area contributed by atoms with Crippen molar-refractivity contribution in [1.82, 2.24) is 29.9 Å². The summed E-state index contributed by atoms with van der Waals surface area (Å²) in [5.41, 5.74) is 20.7. The molecule has 7 nitrogen and oxygen atoms in total. The summed E-state index contributed by atoms with van der Waals surface area (Å²) in [6, 6.07) is 95.0. The smallest absolute Gasteiger partial charge is 0.180 e. The molecule has 0 N–H and O–H groups in total. The first kappa shape index (κ1) is 47.9. The molecule has 5 heterocycles. The molecule has 0 unspecified atom stereocenters. The number of hydrogen-bond acceptors (Lipinski definition) is 7. The Morgan fingerprint density at radius 1 is 0.228 bits per heavy atom. The van der Waals surface area contributed by atoms with Crippen molar-refractivity contribution < 1.29 is 0 Å². The number of rotatable bonds is 13. The first-order chi connectivity index (χ1) is 39.2. The minimum atomic E-state index is 0.505. The van der Waals surface area contributed by atoms with E-state index in [0.29, 0.717) is 17.3 Å². The van der Waals surface area contributed by atoms with Crippen LogP contribution in [0.25, 0.3) is 112 Å². The van der Waals surface area contributed by atoms with E-state index in [1.165, 1.54) is 0 Å². The summed E-state index contributed by atoms with van der Waals surface area (Å²) in [6.07, 6.45) is 7.39. The number of nitrogens with zero attached hydrogens (tertiary/aromatic N) is 7. The number of para-hydroxylation sites is 1. The fraction of sp³-hybridized carbons (Fsp3) is 0. The predicted octanol–water partition coefficient (Wildman–Crippen LogP) is 18.2. The number of benzene rings is 8. The molecule has 0 saturated heterocycles. The molecule has 7 heteroatoms. The number of anilines is 3. The zero-order valence-corrected chi connectivity index (χ0v) is 42.9. The zero-order chi connectivity index (χ0) is 52.7. The molecule has 0 bridgehead atoms. The van der Waals surface area contributed by atoms with Gasteiger partial charge in [-0.2, -0.15) is 0 Å². The van der Waals surface area contributed by atoms with Crippen LogP contribution in [-0.4, -0.2) is 29.9 Å². The van der Waals surface area contributed by atoms with Crippen molar-refractivity contribution >= 4 is 17.3 Å². The highest BCUT2D eigenvalue weighted by atomic mass is 15.2. The van der Waals surface area contributed by atoms with E-state index in [-0.39, 0.29) is 0 Å². The molecule has 0 atom stereocenters. The lowest BCUT2D eigenvalue weighted by Crippen LogP contribution is -2.14. The summed E-state index contributed by atoms with van der Waals surface area (Å²) in [4.78, 5) is 31.4. The maximum Gasteiger partial charge on any atom is 0.180 e. The van der Waals surface area contributed by atoms with Gasteiger partial charge in [0.15, 0.2) is 5.82 Å². The molecule has 0 spiro atoms. The average molecular weight is 1010 g/mol. The lowest BCUT2D eigenvalue weighted by Gasteiger charge is -2.23. The third-order valence-electron chi connectivity index (χ3n) is 14.2. The van der Waals surface area contributed by atoms with Crippen molar-refractivity contribution in [1.29, 1.82) is 0 Å². The third-order valence-corrected chi connectivity index (χ3v) is 14.2. The minimum Gasteiger partial charge on any atom is -0.279 e. The molecule has 13 rings (SSSR count). The normalized spacial score (nSPS) is 11.0. The summed E-state index contributed by atoms with van der Waals surface area (Å²) in [5, 5.41) is 0. The highest BCUT2D eigenvalue weighted by Crippen LogP contribution is 2.43. The molecule has 8 aromatic carbocycles. The van der Waals surface area contributed by atoms with Crippen LogP contribution < -0.4 is 4.90 Å². The lowest BCUT2D eigenvalue weighted by molar-refractivity contribution is 1.08. The van der Waals surface area contributed by atoms with Crippen LogP contribution in [0.3, 0.4) is 0 Å². The van der Waals surface area contributed by atoms with E-state index in [0.717, 1.165) is 112 Å². The van der Waals surface area contributed by atoms with Crippen LogP contribution in [0.15, 0.2) is 298 Å². The van der Waals surface area contributed by atoms with Crippen molar-refractivity contribution in [2.24, 2.45) is 0 Å². The van der Waals surface area contributed by atoms with Crippen LogP contribution in [0.4, 0.5) is 17.3 Å². The van der Waals surface area contributed by atoms with Gasteiger partial charge in [-0.25, -0.2) is 15.0 Å². The summed E-state index contributed by atoms with van der Waals surface area (Å²) in [5.74, 6) is 1.92. The Bertz CT molecular complexity index is 4070. The van der Waals surface area contributed by atoms with Crippen LogP contribution in [0.1, 0.15) is 0 Å². The van der Waals surface area contributed by atoms with E-state index in [2.05, 4.69) is 185 Å². The second kappa shape index (κ2) is 21.8. The van der Waals surface area contributed by atoms with E-state index in [1.807, 2.05) is 122 Å². The van der Waals surface area contributed by atoms with Gasteiger partial charge in [0.05, 0.1) is 17.1 Å². The Hall–Kier alpha value is -10.8. The molecule has 13 aromatic rings. The van der Waals surface area contributed by atoms with E-state index >= 15 is 0 Å². The fourth-order valence-electron chi connectivity index (χ4n) is 10.3. The largest absolute Gasteiger partial charge is 0.279 e. The Balaban J connectivity index is 0.890. The average Bonchev–Trinajstić information content (AvgIpc) is 3.61. The zero-order valence-electron chi connectivity index (χ0n) is 42.9. The maximum atomic E-state index is 5.14. The van der Waals surface area contributed by atoms with E-state index in [1.54, 1.807) is 6.20 Å². The van der Waals surface area contributed by atoms with Crippen LogP contribution in [-0.2, 0) is 0 Å². The Kier molecular flexibility index (Phi) is 13.2. The predicted molar refractivity (Wildman–Crippen MR) is 322 cm³/mol. The molecule has 0 aliphatic rings. The molecule has 372 valence electrons. The molecule has 5 aromatic heterocycles. The molecule has 0 amide bonds. The molecule has 0 fully saturated rings. The van der Waals surface area contributed by atoms with Gasteiger partial charge in [-0.15, -0.1) is 0 Å². The monoisotopic (exact) mass is 1010 g/mol. The van der Waals surface area contributed by atoms with Gasteiger partial charge in [-0.3, -0.25) is 19.9 Å². The highest BCUT2D eigenvalue weighted by molar-refractivity contribution is 5.94. The Labute approximate surface area is 459 Å². The number of pyridine rings is 4. The first-order valence-electron chi connectivity index (χ1n) is 26.3. The van der Waals surface area contributed by atoms with Gasteiger partial charge in [0.1, 0.15) is 17.3 Å². The Morgan fingerprint density at radius 3 is 1.14 bits per heavy atom. The highest BCUT2D eigenvalue weighted by Gasteiger charge is 2.20. The van der Waals surface area contributed by atoms with E-state index in [9.17, 15) is 0 Å². The third kappa shape index (κ3) is 10.1. The van der Waals surface area contributed by atoms with Gasteiger partial charge >= 0.3 is 0 Å². The standard InChI is InChI=1S/C72H49N7/c1-3-18-52(19-4-1)68-30-17-31-70(77-68)79(59-20-5-2-6-21-59)71-42-45-75-72(78-71)69-41-40-55(49-76-69)62-24-9-12-27-65(62)58-47-56(63-25-10-7-22-60(63)50-32-36-53(37-33-50)66-28-13-15-43-73-66)46-57(48-58)64-26-11-8-23-61(64)51-34-38-54(39-35-51)67-29-14-16-44-74-67/h1-49H. The quantitative estimate of drug-likeness (QED) is 0.114. The lowest BCUT2D eigenvalue weighted by atomic mass is 9.86. The van der Waals surface area contributed by atoms with Crippen LogP contribution in [0, 0.1) is 0 Å². The summed E-state index contributed by atoms with van der Waals surface area (Å²) < 4.78 is 0. The number of hydrogen-bond donors (Lipinski definition) is 0. The van der Waals surface area contributed by atoms with Gasteiger partial charge in [0.2, 0.25) is 0 Å². The minimum absolute atomic E-state index is 0.505. The molecule has 0 saturated carbocycles. The molecule has 0 aliphatic heterocycles. The van der Waals surface area contributed by atoms with Gasteiger partial charge in [-0.1, -0.05) is 194 Å².